The molecule has 0 bridgehead atoms. The minimum Gasteiger partial charge on any atom is -0.310 e. The van der Waals surface area contributed by atoms with Gasteiger partial charge in [-0.15, -0.1) is 0 Å². The number of amides is 1. The van der Waals surface area contributed by atoms with Gasteiger partial charge in [0, 0.05) is 12.2 Å². The molecule has 132 valence electrons. The molecule has 3 rings (SSSR count). The quantitative estimate of drug-likeness (QED) is 0.893. The van der Waals surface area contributed by atoms with Crippen LogP contribution in [-0.2, 0) is 21.2 Å². The molecule has 0 aromatic heterocycles. The second kappa shape index (κ2) is 6.98. The molecule has 25 heavy (non-hydrogen) atoms. The van der Waals surface area contributed by atoms with E-state index in [1.165, 1.54) is 12.1 Å². The third-order valence-electron chi connectivity index (χ3n) is 4.42. The SMILES string of the molecule is CC(C)[C@@H](NS(=O)(=O)c1ccccc1)C(=O)N1CCc2ccccc21. The molecular formula is C19H22N2O3S. The Bertz CT molecular complexity index is 863. The summed E-state index contributed by atoms with van der Waals surface area (Å²) in [6.07, 6.45) is 0.790. The fourth-order valence-corrected chi connectivity index (χ4v) is 4.40. The number of carbonyl (C=O) groups excluding carboxylic acids is 1. The summed E-state index contributed by atoms with van der Waals surface area (Å²) < 4.78 is 27.9. The lowest BCUT2D eigenvalue weighted by atomic mass is 10.0. The lowest BCUT2D eigenvalue weighted by Crippen LogP contribution is -2.51. The topological polar surface area (TPSA) is 66.5 Å². The predicted molar refractivity (Wildman–Crippen MR) is 97.9 cm³/mol. The van der Waals surface area contributed by atoms with Crippen molar-refractivity contribution in [3.63, 3.8) is 0 Å². The van der Waals surface area contributed by atoms with Gasteiger partial charge in [-0.05, 0) is 36.1 Å². The summed E-state index contributed by atoms with van der Waals surface area (Å²) in [4.78, 5) is 14.9. The summed E-state index contributed by atoms with van der Waals surface area (Å²) in [6, 6.07) is 15.1. The molecule has 0 unspecified atom stereocenters. The highest BCUT2D eigenvalue weighted by Crippen LogP contribution is 2.29. The van der Waals surface area contributed by atoms with E-state index in [4.69, 9.17) is 0 Å². The smallest absolute Gasteiger partial charge is 0.245 e. The van der Waals surface area contributed by atoms with Crippen LogP contribution in [0.2, 0.25) is 0 Å². The highest BCUT2D eigenvalue weighted by molar-refractivity contribution is 7.89. The van der Waals surface area contributed by atoms with Gasteiger partial charge in [0.05, 0.1) is 4.90 Å². The summed E-state index contributed by atoms with van der Waals surface area (Å²) in [5.74, 6) is -0.377. The van der Waals surface area contributed by atoms with Crippen molar-refractivity contribution in [2.75, 3.05) is 11.4 Å². The van der Waals surface area contributed by atoms with E-state index in [0.29, 0.717) is 6.54 Å². The first-order valence-electron chi connectivity index (χ1n) is 8.37. The van der Waals surface area contributed by atoms with Gasteiger partial charge in [-0.25, -0.2) is 8.42 Å². The van der Waals surface area contributed by atoms with Crippen molar-refractivity contribution in [2.24, 2.45) is 5.92 Å². The lowest BCUT2D eigenvalue weighted by molar-refractivity contribution is -0.121. The van der Waals surface area contributed by atoms with Crippen molar-refractivity contribution in [3.8, 4) is 0 Å². The van der Waals surface area contributed by atoms with Crippen LogP contribution in [0.4, 0.5) is 5.69 Å². The predicted octanol–water partition coefficient (Wildman–Crippen LogP) is 2.58. The average molecular weight is 358 g/mol. The molecule has 0 fully saturated rings. The maximum Gasteiger partial charge on any atom is 0.245 e. The zero-order valence-electron chi connectivity index (χ0n) is 14.3. The summed E-state index contributed by atoms with van der Waals surface area (Å²) in [7, 11) is -3.75. The number of hydrogen-bond donors (Lipinski definition) is 1. The van der Waals surface area contributed by atoms with Gasteiger partial charge in [0.1, 0.15) is 6.04 Å². The highest BCUT2D eigenvalue weighted by atomic mass is 32.2. The second-order valence-electron chi connectivity index (χ2n) is 6.52. The molecule has 0 spiro atoms. The van der Waals surface area contributed by atoms with Crippen molar-refractivity contribution in [1.82, 2.24) is 4.72 Å². The molecule has 2 aromatic rings. The minimum atomic E-state index is -3.75. The molecule has 1 atom stereocenters. The van der Waals surface area contributed by atoms with Crippen LogP contribution in [0.1, 0.15) is 19.4 Å². The van der Waals surface area contributed by atoms with Gasteiger partial charge < -0.3 is 4.90 Å². The van der Waals surface area contributed by atoms with E-state index in [2.05, 4.69) is 4.72 Å². The Labute approximate surface area is 148 Å². The van der Waals surface area contributed by atoms with E-state index in [-0.39, 0.29) is 16.7 Å². The van der Waals surface area contributed by atoms with E-state index in [0.717, 1.165) is 17.7 Å². The van der Waals surface area contributed by atoms with Crippen LogP contribution in [0.5, 0.6) is 0 Å². The number of rotatable bonds is 5. The molecule has 1 heterocycles. The fourth-order valence-electron chi connectivity index (χ4n) is 3.04. The molecule has 6 heteroatoms. The minimum absolute atomic E-state index is 0.162. The summed E-state index contributed by atoms with van der Waals surface area (Å²) in [6.45, 7) is 4.27. The maximum atomic E-state index is 13.1. The number of nitrogens with one attached hydrogen (secondary N) is 1. The van der Waals surface area contributed by atoms with Crippen molar-refractivity contribution in [3.05, 3.63) is 60.2 Å². The number of anilines is 1. The molecule has 1 N–H and O–H groups in total. The zero-order valence-corrected chi connectivity index (χ0v) is 15.2. The Morgan fingerprint density at radius 1 is 1.04 bits per heavy atom. The molecule has 0 saturated carbocycles. The third kappa shape index (κ3) is 3.60. The molecule has 5 nitrogen and oxygen atoms in total. The molecular weight excluding hydrogens is 336 g/mol. The van der Waals surface area contributed by atoms with Crippen LogP contribution in [0.25, 0.3) is 0 Å². The van der Waals surface area contributed by atoms with E-state index in [1.54, 1.807) is 23.1 Å². The van der Waals surface area contributed by atoms with Crippen molar-refractivity contribution < 1.29 is 13.2 Å². The summed E-state index contributed by atoms with van der Waals surface area (Å²) in [5.41, 5.74) is 1.99. The first kappa shape index (κ1) is 17.6. The number of carbonyl (C=O) groups is 1. The normalized spacial score (nSPS) is 15.2. The van der Waals surface area contributed by atoms with Crippen LogP contribution in [0, 0.1) is 5.92 Å². The Kier molecular flexibility index (Phi) is 4.92. The largest absolute Gasteiger partial charge is 0.310 e. The number of para-hydroxylation sites is 1. The first-order chi connectivity index (χ1) is 11.9. The van der Waals surface area contributed by atoms with Crippen molar-refractivity contribution in [2.45, 2.75) is 31.2 Å². The van der Waals surface area contributed by atoms with Crippen LogP contribution in [0.15, 0.2) is 59.5 Å². The van der Waals surface area contributed by atoms with E-state index in [1.807, 2.05) is 38.1 Å². The highest BCUT2D eigenvalue weighted by Gasteiger charge is 2.34. The van der Waals surface area contributed by atoms with Crippen molar-refractivity contribution >= 4 is 21.6 Å². The lowest BCUT2D eigenvalue weighted by Gasteiger charge is -2.27. The van der Waals surface area contributed by atoms with E-state index < -0.39 is 16.1 Å². The van der Waals surface area contributed by atoms with Gasteiger partial charge in [0.2, 0.25) is 15.9 Å². The summed E-state index contributed by atoms with van der Waals surface area (Å²) >= 11 is 0. The van der Waals surface area contributed by atoms with Gasteiger partial charge in [-0.3, -0.25) is 4.79 Å². The van der Waals surface area contributed by atoms with Crippen LogP contribution in [0.3, 0.4) is 0 Å². The fraction of sp³-hybridized carbons (Fsp3) is 0.316. The molecule has 0 radical (unpaired) electrons. The van der Waals surface area contributed by atoms with Gasteiger partial charge in [0.25, 0.3) is 0 Å². The number of nitrogens with zero attached hydrogens (tertiary/aromatic N) is 1. The van der Waals surface area contributed by atoms with Crippen molar-refractivity contribution in [1.29, 1.82) is 0 Å². The Balaban J connectivity index is 1.86. The first-order valence-corrected chi connectivity index (χ1v) is 9.85. The van der Waals surface area contributed by atoms with Crippen LogP contribution < -0.4 is 9.62 Å². The monoisotopic (exact) mass is 358 g/mol. The summed E-state index contributed by atoms with van der Waals surface area (Å²) in [5, 5.41) is 0. The molecule has 2 aromatic carbocycles. The average Bonchev–Trinajstić information content (AvgIpc) is 3.04. The molecule has 1 amide bonds. The third-order valence-corrected chi connectivity index (χ3v) is 5.88. The van der Waals surface area contributed by atoms with Gasteiger partial charge >= 0.3 is 0 Å². The zero-order chi connectivity index (χ0) is 18.0. The second-order valence-corrected chi connectivity index (χ2v) is 8.24. The molecule has 0 saturated heterocycles. The number of hydrogen-bond acceptors (Lipinski definition) is 3. The number of sulfonamides is 1. The molecule has 1 aliphatic heterocycles. The van der Waals surface area contributed by atoms with Gasteiger partial charge in [-0.2, -0.15) is 4.72 Å². The van der Waals surface area contributed by atoms with E-state index in [9.17, 15) is 13.2 Å². The number of fused-ring (bicyclic) bond motifs is 1. The Hall–Kier alpha value is -2.18. The molecule has 1 aliphatic rings. The van der Waals surface area contributed by atoms with Gasteiger partial charge in [0.15, 0.2) is 0 Å². The standard InChI is InChI=1S/C19H22N2O3S/c1-14(2)18(20-25(23,24)16-9-4-3-5-10-16)19(22)21-13-12-15-8-6-7-11-17(15)21/h3-11,14,18,20H,12-13H2,1-2H3/t18-/m1/s1. The molecule has 0 aliphatic carbocycles. The Morgan fingerprint density at radius 2 is 1.68 bits per heavy atom. The van der Waals surface area contributed by atoms with Crippen LogP contribution >= 0.6 is 0 Å². The Morgan fingerprint density at radius 3 is 2.36 bits per heavy atom. The van der Waals surface area contributed by atoms with E-state index >= 15 is 0 Å². The van der Waals surface area contributed by atoms with Gasteiger partial charge in [-0.1, -0.05) is 50.2 Å². The van der Waals surface area contributed by atoms with Crippen LogP contribution in [-0.4, -0.2) is 26.9 Å². The number of benzene rings is 2. The maximum absolute atomic E-state index is 13.1.